The molecule has 1 heterocycles. The average molecular weight is 290 g/mol. The first-order valence-electron chi connectivity index (χ1n) is 7.36. The molecule has 1 aliphatic rings. The zero-order valence-electron chi connectivity index (χ0n) is 12.9. The summed E-state index contributed by atoms with van der Waals surface area (Å²) in [6.45, 7) is 2.19. The third kappa shape index (κ3) is 3.18. The molecule has 1 aromatic heterocycles. The summed E-state index contributed by atoms with van der Waals surface area (Å²) < 4.78 is 2.76. The van der Waals surface area contributed by atoms with Crippen LogP contribution in [0.2, 0.25) is 0 Å². The third-order valence-corrected chi connectivity index (χ3v) is 3.97. The highest BCUT2D eigenvalue weighted by Gasteiger charge is 2.22. The molecule has 21 heavy (non-hydrogen) atoms. The smallest absolute Gasteiger partial charge is 0.334 e. The highest BCUT2D eigenvalue weighted by atomic mass is 16.2. The van der Waals surface area contributed by atoms with Crippen molar-refractivity contribution in [2.24, 2.45) is 7.05 Å². The van der Waals surface area contributed by atoms with E-state index in [0.29, 0.717) is 12.5 Å². The standard InChI is InChI=1S/C15H22N4O2/c1-4-5-11-17(2)13-16-14(20)19(15(21)18(13)3)12-9-7-6-8-10-12/h12H,6-11H2,1-3H3. The van der Waals surface area contributed by atoms with Gasteiger partial charge in [-0.3, -0.25) is 4.57 Å². The van der Waals surface area contributed by atoms with E-state index in [9.17, 15) is 9.59 Å². The Morgan fingerprint density at radius 1 is 1.29 bits per heavy atom. The summed E-state index contributed by atoms with van der Waals surface area (Å²) in [5.41, 5.74) is -0.732. The van der Waals surface area contributed by atoms with E-state index in [4.69, 9.17) is 0 Å². The van der Waals surface area contributed by atoms with Crippen LogP contribution >= 0.6 is 0 Å². The number of anilines is 1. The highest BCUT2D eigenvalue weighted by Crippen LogP contribution is 2.25. The van der Waals surface area contributed by atoms with Crippen molar-refractivity contribution < 1.29 is 0 Å². The maximum Gasteiger partial charge on any atom is 0.355 e. The van der Waals surface area contributed by atoms with Crippen molar-refractivity contribution in [2.75, 3.05) is 18.5 Å². The fourth-order valence-electron chi connectivity index (χ4n) is 2.80. The molecule has 6 nitrogen and oxygen atoms in total. The third-order valence-electron chi connectivity index (χ3n) is 3.97. The van der Waals surface area contributed by atoms with Crippen molar-refractivity contribution in [1.82, 2.24) is 14.1 Å². The van der Waals surface area contributed by atoms with Gasteiger partial charge in [-0.15, -0.1) is 5.92 Å². The average Bonchev–Trinajstić information content (AvgIpc) is 2.49. The van der Waals surface area contributed by atoms with Crippen LogP contribution in [0.1, 0.15) is 45.1 Å². The van der Waals surface area contributed by atoms with Crippen LogP contribution in [-0.2, 0) is 7.05 Å². The number of hydrogen-bond donors (Lipinski definition) is 0. The van der Waals surface area contributed by atoms with Crippen molar-refractivity contribution in [1.29, 1.82) is 0 Å². The second-order valence-corrected chi connectivity index (χ2v) is 5.48. The van der Waals surface area contributed by atoms with Crippen LogP contribution in [0.15, 0.2) is 9.59 Å². The second kappa shape index (κ2) is 6.61. The molecular weight excluding hydrogens is 268 g/mol. The van der Waals surface area contributed by atoms with Gasteiger partial charge in [-0.25, -0.2) is 14.2 Å². The van der Waals surface area contributed by atoms with Gasteiger partial charge < -0.3 is 4.90 Å². The molecule has 0 radical (unpaired) electrons. The summed E-state index contributed by atoms with van der Waals surface area (Å²) in [5.74, 6) is 6.05. The molecule has 1 aromatic rings. The summed E-state index contributed by atoms with van der Waals surface area (Å²) in [6, 6.07) is -0.00719. The molecule has 1 saturated carbocycles. The lowest BCUT2D eigenvalue weighted by molar-refractivity contribution is 0.326. The number of rotatable bonds is 3. The minimum absolute atomic E-state index is 0.00719. The van der Waals surface area contributed by atoms with Crippen LogP contribution in [0.5, 0.6) is 0 Å². The minimum Gasteiger partial charge on any atom is -0.334 e. The maximum atomic E-state index is 12.5. The number of nitrogens with zero attached hydrogens (tertiary/aromatic N) is 4. The summed E-state index contributed by atoms with van der Waals surface area (Å²) in [5, 5.41) is 0. The van der Waals surface area contributed by atoms with Gasteiger partial charge in [0.2, 0.25) is 5.95 Å². The van der Waals surface area contributed by atoms with Crippen molar-refractivity contribution in [3.63, 3.8) is 0 Å². The van der Waals surface area contributed by atoms with Crippen molar-refractivity contribution in [2.45, 2.75) is 45.1 Å². The molecular formula is C15H22N4O2. The van der Waals surface area contributed by atoms with Crippen LogP contribution in [0.25, 0.3) is 0 Å². The van der Waals surface area contributed by atoms with Crippen molar-refractivity contribution >= 4 is 5.95 Å². The summed E-state index contributed by atoms with van der Waals surface area (Å²) in [6.07, 6.45) is 5.07. The highest BCUT2D eigenvalue weighted by molar-refractivity contribution is 5.30. The van der Waals surface area contributed by atoms with Crippen LogP contribution in [0, 0.1) is 11.8 Å². The summed E-state index contributed by atoms with van der Waals surface area (Å²) in [7, 11) is 3.43. The molecule has 1 fully saturated rings. The first-order chi connectivity index (χ1) is 10.1. The predicted octanol–water partition coefficient (Wildman–Crippen LogP) is 0.907. The summed E-state index contributed by atoms with van der Waals surface area (Å²) >= 11 is 0. The van der Waals surface area contributed by atoms with Gasteiger partial charge in [0.1, 0.15) is 0 Å². The minimum atomic E-state index is -0.448. The molecule has 0 unspecified atom stereocenters. The Morgan fingerprint density at radius 3 is 2.57 bits per heavy atom. The zero-order chi connectivity index (χ0) is 15.4. The Kier molecular flexibility index (Phi) is 4.84. The first kappa shape index (κ1) is 15.4. The molecule has 0 saturated heterocycles. The maximum absolute atomic E-state index is 12.5. The Morgan fingerprint density at radius 2 is 1.95 bits per heavy atom. The molecule has 0 spiro atoms. The SMILES string of the molecule is CC#CCN(C)c1nc(=O)n(C2CCCCC2)c(=O)n1C. The van der Waals surface area contributed by atoms with Crippen LogP contribution < -0.4 is 16.3 Å². The van der Waals surface area contributed by atoms with Gasteiger partial charge in [0.15, 0.2) is 0 Å². The molecule has 0 N–H and O–H groups in total. The Labute approximate surface area is 124 Å². The second-order valence-electron chi connectivity index (χ2n) is 5.48. The molecule has 0 atom stereocenters. The number of hydrogen-bond acceptors (Lipinski definition) is 4. The van der Waals surface area contributed by atoms with Gasteiger partial charge in [-0.05, 0) is 19.8 Å². The Hall–Kier alpha value is -2.03. The van der Waals surface area contributed by atoms with Crippen LogP contribution in [0.3, 0.4) is 0 Å². The molecule has 6 heteroatoms. The monoisotopic (exact) mass is 290 g/mol. The molecule has 0 aliphatic heterocycles. The van der Waals surface area contributed by atoms with E-state index in [1.807, 2.05) is 0 Å². The fourth-order valence-corrected chi connectivity index (χ4v) is 2.80. The molecule has 1 aliphatic carbocycles. The number of aromatic nitrogens is 3. The molecule has 0 amide bonds. The lowest BCUT2D eigenvalue weighted by Gasteiger charge is -2.24. The van der Waals surface area contributed by atoms with Gasteiger partial charge in [-0.2, -0.15) is 4.98 Å². The van der Waals surface area contributed by atoms with Crippen LogP contribution in [0.4, 0.5) is 5.95 Å². The van der Waals surface area contributed by atoms with Gasteiger partial charge in [0.25, 0.3) is 0 Å². The molecule has 0 aromatic carbocycles. The molecule has 114 valence electrons. The zero-order valence-corrected chi connectivity index (χ0v) is 12.9. The van der Waals surface area contributed by atoms with E-state index in [-0.39, 0.29) is 11.7 Å². The quantitative estimate of drug-likeness (QED) is 0.776. The van der Waals surface area contributed by atoms with E-state index in [2.05, 4.69) is 16.8 Å². The lowest BCUT2D eigenvalue weighted by atomic mass is 9.95. The van der Waals surface area contributed by atoms with E-state index in [1.54, 1.807) is 25.9 Å². The summed E-state index contributed by atoms with van der Waals surface area (Å²) in [4.78, 5) is 30.6. The predicted molar refractivity (Wildman–Crippen MR) is 82.6 cm³/mol. The van der Waals surface area contributed by atoms with Gasteiger partial charge >= 0.3 is 11.4 Å². The van der Waals surface area contributed by atoms with Crippen molar-refractivity contribution in [3.8, 4) is 11.8 Å². The van der Waals surface area contributed by atoms with E-state index in [1.165, 1.54) is 15.6 Å². The topological polar surface area (TPSA) is 60.1 Å². The lowest BCUT2D eigenvalue weighted by Crippen LogP contribution is -2.45. The molecule has 2 rings (SSSR count). The van der Waals surface area contributed by atoms with E-state index >= 15 is 0 Å². The van der Waals surface area contributed by atoms with Crippen molar-refractivity contribution in [3.05, 3.63) is 21.0 Å². The Balaban J connectivity index is 2.42. The van der Waals surface area contributed by atoms with Crippen LogP contribution in [-0.4, -0.2) is 27.7 Å². The van der Waals surface area contributed by atoms with Gasteiger partial charge in [-0.1, -0.05) is 25.2 Å². The normalized spacial score (nSPS) is 15.4. The first-order valence-corrected chi connectivity index (χ1v) is 7.36. The molecule has 0 bridgehead atoms. The largest absolute Gasteiger partial charge is 0.355 e. The fraction of sp³-hybridized carbons (Fsp3) is 0.667. The Bertz CT molecular complexity index is 672. The van der Waals surface area contributed by atoms with Gasteiger partial charge in [0.05, 0.1) is 6.54 Å². The van der Waals surface area contributed by atoms with Gasteiger partial charge in [0, 0.05) is 20.1 Å². The van der Waals surface area contributed by atoms with E-state index < -0.39 is 5.69 Å². The van der Waals surface area contributed by atoms with E-state index in [0.717, 1.165) is 25.7 Å².